The van der Waals surface area contributed by atoms with Crippen molar-refractivity contribution in [3.05, 3.63) is 167 Å². The second-order valence-electron chi connectivity index (χ2n) is 20.9. The highest BCUT2D eigenvalue weighted by molar-refractivity contribution is 7.88. The summed E-state index contributed by atoms with van der Waals surface area (Å²) in [6, 6.07) is 22.6. The number of fused-ring (bicyclic) bond motifs is 2. The minimum Gasteiger partial charge on any atom is -0.480 e. The van der Waals surface area contributed by atoms with Crippen molar-refractivity contribution in [3.63, 3.8) is 0 Å². The maximum absolute atomic E-state index is 13.7. The molecule has 6 amide bonds. The number of aryl methyl sites for hydroxylation is 2. The van der Waals surface area contributed by atoms with Crippen LogP contribution in [0.3, 0.4) is 0 Å². The number of carboxylic acids is 1. The van der Waals surface area contributed by atoms with E-state index in [9.17, 15) is 115 Å². The molecule has 0 aliphatic heterocycles. The lowest BCUT2D eigenvalue weighted by Crippen LogP contribution is -2.54. The van der Waals surface area contributed by atoms with Gasteiger partial charge in [-0.3, -0.25) is 46.5 Å². The number of anilines is 6. The predicted octanol–water partition coefficient (Wildman–Crippen LogP) is 6.52. The third-order valence-electron chi connectivity index (χ3n) is 14.1. The molecule has 0 spiro atoms. The SMILES string of the molecule is Cc1ccc(C(=O)Nc2ccc(S(=O)(=O)O)c3cc(S(=O)(=O)O)cc(S(=O)(=O)O)c23)cc1NC(=O)c1cccc(NC(=O)Nc2cccc(C(=O)Nc3cc(C(=O)Nc4ccc(S(=O)(=O)O)c5cc(S(=O)(=O)O)cc(S(=O)(=O)O)c45)ccc3C)c2)c1.NCCCC(N)(C(=O)O)C(F)F. The number of aliphatic carboxylic acids is 1. The van der Waals surface area contributed by atoms with Crippen LogP contribution < -0.4 is 43.4 Å². The van der Waals surface area contributed by atoms with Gasteiger partial charge >= 0.3 is 12.0 Å². The first kappa shape index (κ1) is 75.5. The van der Waals surface area contributed by atoms with Crippen LogP contribution in [-0.4, -0.2) is 137 Å². The van der Waals surface area contributed by atoms with Gasteiger partial charge < -0.3 is 48.5 Å². The summed E-state index contributed by atoms with van der Waals surface area (Å²) in [6.45, 7) is 3.27. The van der Waals surface area contributed by atoms with E-state index in [2.05, 4.69) is 31.9 Å². The standard InChI is InChI=1S/C51H40N6O23S6.C6H12F2N2O2/c1-25-9-11-29(49(60)54-37-13-15-41(83(69,70)71)35-21-33(81(63,64)65)23-43(45(35)37)85(75,76)77)19-39(25)56-47(58)27-5-3-7-31(17-27)52-51(62)53-32-8-4-6-28(18-32)48(59)57-40-20-30(12-10-26(40)2)50(61)55-38-14-16-42(84(72,73)74)36-22-34(82(66,67)68)24-44(46(36)38)86(78,79)80;7-4(8)6(10,5(11)12)2-1-3-9/h3-24H,1-2H3,(H,54,60)(H,55,61)(H,56,58)(H,57,59)(H2,52,53,62)(H,63,64,65)(H,66,67,68)(H,69,70,71)(H,72,73,74)(H,75,76,77)(H,78,79,80);4H,1-3,9-10H2,(H,11,12). The number of hydrogen-bond acceptors (Lipinski definition) is 20. The summed E-state index contributed by atoms with van der Waals surface area (Å²) in [7, 11) is -31.9. The number of nitrogens with one attached hydrogen (secondary N) is 6. The summed E-state index contributed by atoms with van der Waals surface area (Å²) in [5.74, 6) is -5.25. The Bertz CT molecular complexity index is 5090. The normalized spacial score (nSPS) is 12.7. The number of carbonyl (C=O) groups is 6. The van der Waals surface area contributed by atoms with Gasteiger partial charge in [0.1, 0.15) is 19.6 Å². The number of hydrogen-bond donors (Lipinski definition) is 15. The monoisotopic (exact) mass is 1480 g/mol. The van der Waals surface area contributed by atoms with Gasteiger partial charge in [0, 0.05) is 66.5 Å². The van der Waals surface area contributed by atoms with Gasteiger partial charge in [-0.25, -0.2) is 18.4 Å². The van der Waals surface area contributed by atoms with Crippen LogP contribution in [0.25, 0.3) is 21.5 Å². The van der Waals surface area contributed by atoms with Crippen molar-refractivity contribution in [2.75, 3.05) is 38.4 Å². The van der Waals surface area contributed by atoms with E-state index in [0.717, 1.165) is 12.1 Å². The molecule has 17 N–H and O–H groups in total. The van der Waals surface area contributed by atoms with Crippen LogP contribution in [0.5, 0.6) is 0 Å². The fourth-order valence-electron chi connectivity index (χ4n) is 9.20. The smallest absolute Gasteiger partial charge is 0.329 e. The Kier molecular flexibility index (Phi) is 22.1. The zero-order valence-electron chi connectivity index (χ0n) is 49.7. The lowest BCUT2D eigenvalue weighted by Gasteiger charge is -2.22. The van der Waals surface area contributed by atoms with Gasteiger partial charge in [0.15, 0.2) is 5.54 Å². The van der Waals surface area contributed by atoms with Gasteiger partial charge in [-0.05, 0) is 154 Å². The molecule has 1 atom stereocenters. The molecule has 8 rings (SSSR count). The summed E-state index contributed by atoms with van der Waals surface area (Å²) >= 11 is 0. The Balaban J connectivity index is 0.00000102. The third kappa shape index (κ3) is 17.8. The summed E-state index contributed by atoms with van der Waals surface area (Å²) in [4.78, 5) is 71.1. The molecule has 98 heavy (non-hydrogen) atoms. The van der Waals surface area contributed by atoms with E-state index in [-0.39, 0.29) is 64.4 Å². The third-order valence-corrected chi connectivity index (χ3v) is 19.3. The van der Waals surface area contributed by atoms with Gasteiger partial charge in [0.05, 0.1) is 21.2 Å². The number of halogens is 2. The maximum atomic E-state index is 13.7. The minimum absolute atomic E-state index is 0.0223. The van der Waals surface area contributed by atoms with Gasteiger partial charge in [-0.15, -0.1) is 0 Å². The van der Waals surface area contributed by atoms with Crippen LogP contribution in [0, 0.1) is 13.8 Å². The summed E-state index contributed by atoms with van der Waals surface area (Å²) in [5.41, 5.74) is 7.18. The van der Waals surface area contributed by atoms with Crippen molar-refractivity contribution < 1.29 is 120 Å². The largest absolute Gasteiger partial charge is 0.480 e. The van der Waals surface area contributed by atoms with E-state index in [4.69, 9.17) is 16.6 Å². The second-order valence-corrected chi connectivity index (χ2v) is 29.3. The zero-order chi connectivity index (χ0) is 73.2. The molecule has 8 aromatic carbocycles. The van der Waals surface area contributed by atoms with Gasteiger partial charge in [-0.2, -0.15) is 50.5 Å². The van der Waals surface area contributed by atoms with Gasteiger partial charge in [0.2, 0.25) is 0 Å². The number of nitrogens with two attached hydrogens (primary N) is 2. The number of carbonyl (C=O) groups excluding carboxylic acids is 5. The maximum Gasteiger partial charge on any atom is 0.329 e. The molecule has 0 heterocycles. The second kappa shape index (κ2) is 28.7. The first-order valence-electron chi connectivity index (χ1n) is 27.0. The van der Waals surface area contributed by atoms with Crippen molar-refractivity contribution in [3.8, 4) is 0 Å². The van der Waals surface area contributed by atoms with Crippen LogP contribution in [0.4, 0.5) is 47.7 Å². The van der Waals surface area contributed by atoms with Crippen molar-refractivity contribution in [2.24, 2.45) is 11.5 Å². The molecule has 0 aliphatic carbocycles. The fourth-order valence-corrected chi connectivity index (χ4v) is 13.3. The molecule has 8 aromatic rings. The number of amides is 6. The van der Waals surface area contributed by atoms with Crippen LogP contribution in [0.2, 0.25) is 0 Å². The quantitative estimate of drug-likeness (QED) is 0.0341. The van der Waals surface area contributed by atoms with Crippen molar-refractivity contribution >= 4 is 152 Å². The van der Waals surface area contributed by atoms with Crippen molar-refractivity contribution in [1.82, 2.24) is 0 Å². The number of benzene rings is 8. The Morgan fingerprint density at radius 1 is 0.429 bits per heavy atom. The molecular weight excluding hydrogens is 1430 g/mol. The predicted molar refractivity (Wildman–Crippen MR) is 345 cm³/mol. The van der Waals surface area contributed by atoms with E-state index in [1.807, 2.05) is 0 Å². The number of urea groups is 1. The molecule has 1 unspecified atom stereocenters. The van der Waals surface area contributed by atoms with Gasteiger partial charge in [-0.1, -0.05) is 24.3 Å². The Morgan fingerprint density at radius 2 is 0.765 bits per heavy atom. The van der Waals surface area contributed by atoms with Crippen LogP contribution >= 0.6 is 0 Å². The molecule has 0 radical (unpaired) electrons. The highest BCUT2D eigenvalue weighted by atomic mass is 32.2. The molecule has 41 heteroatoms. The number of alkyl halides is 2. The summed E-state index contributed by atoms with van der Waals surface area (Å²) in [5, 5.41) is 20.1. The molecule has 0 fully saturated rings. The van der Waals surface area contributed by atoms with E-state index < -0.39 is 171 Å². The fraction of sp³-hybridized carbons (Fsp3) is 0.123. The Labute approximate surface area is 554 Å². The number of rotatable bonds is 21. The van der Waals surface area contributed by atoms with Crippen molar-refractivity contribution in [2.45, 2.75) is 68.0 Å². The molecule has 33 nitrogen and oxygen atoms in total. The Morgan fingerprint density at radius 3 is 1.07 bits per heavy atom. The topological polar surface area (TPSA) is 573 Å². The highest BCUT2D eigenvalue weighted by Crippen LogP contribution is 2.39. The molecule has 0 bridgehead atoms. The molecule has 0 aromatic heterocycles. The molecule has 520 valence electrons. The first-order valence-corrected chi connectivity index (χ1v) is 35.7. The highest BCUT2D eigenvalue weighted by Gasteiger charge is 2.43. The molecule has 0 saturated carbocycles. The van der Waals surface area contributed by atoms with Crippen molar-refractivity contribution in [1.29, 1.82) is 0 Å². The molecule has 0 saturated heterocycles. The zero-order valence-corrected chi connectivity index (χ0v) is 54.6. The van der Waals surface area contributed by atoms with Crippen LogP contribution in [-0.2, 0) is 65.5 Å². The Hall–Kier alpha value is -9.86. The van der Waals surface area contributed by atoms with Crippen LogP contribution in [0.1, 0.15) is 65.4 Å². The average Bonchev–Trinajstić information content (AvgIpc) is 0.746. The van der Waals surface area contributed by atoms with E-state index in [0.29, 0.717) is 47.5 Å². The number of carboxylic acid groups (broad SMARTS) is 1. The lowest BCUT2D eigenvalue weighted by atomic mass is 9.95. The van der Waals surface area contributed by atoms with Gasteiger partial charge in [0.25, 0.3) is 90.8 Å². The molecule has 0 aliphatic rings. The summed E-state index contributed by atoms with van der Waals surface area (Å²) < 4.78 is 230. The molecular formula is C57H52F2N8O25S6. The van der Waals surface area contributed by atoms with E-state index >= 15 is 0 Å². The first-order chi connectivity index (χ1) is 45.2. The average molecular weight is 1480 g/mol. The van der Waals surface area contributed by atoms with Crippen LogP contribution in [0.15, 0.2) is 163 Å². The minimum atomic E-state index is -5.45. The van der Waals surface area contributed by atoms with E-state index in [1.54, 1.807) is 13.8 Å². The van der Waals surface area contributed by atoms with E-state index in [1.165, 1.54) is 84.9 Å². The lowest BCUT2D eigenvalue weighted by molar-refractivity contribution is -0.150. The summed E-state index contributed by atoms with van der Waals surface area (Å²) in [6.07, 6.45) is -3.20.